The van der Waals surface area contributed by atoms with E-state index in [0.29, 0.717) is 32.7 Å². The third kappa shape index (κ3) is 3.70. The number of hydrogen-bond acceptors (Lipinski definition) is 3. The summed E-state index contributed by atoms with van der Waals surface area (Å²) in [4.78, 5) is 14.3. The number of halogens is 2. The highest BCUT2D eigenvalue weighted by Crippen LogP contribution is 2.34. The van der Waals surface area contributed by atoms with Crippen molar-refractivity contribution in [1.82, 2.24) is 10.2 Å². The van der Waals surface area contributed by atoms with Crippen molar-refractivity contribution < 1.29 is 18.3 Å². The molecule has 23 heavy (non-hydrogen) atoms. The number of ether oxygens (including phenoxy) is 1. The summed E-state index contributed by atoms with van der Waals surface area (Å²) in [5.41, 5.74) is 0.858. The number of rotatable bonds is 3. The second-order valence-corrected chi connectivity index (χ2v) is 6.33. The Labute approximate surface area is 134 Å². The molecule has 0 aromatic heterocycles. The van der Waals surface area contributed by atoms with Crippen molar-refractivity contribution in [2.24, 2.45) is 0 Å². The maximum Gasteiger partial charge on any atom is 0.263 e. The van der Waals surface area contributed by atoms with E-state index in [2.05, 4.69) is 10.2 Å². The van der Waals surface area contributed by atoms with Crippen LogP contribution in [-0.2, 0) is 16.1 Å². The average molecular weight is 324 g/mol. The lowest BCUT2D eigenvalue weighted by atomic mass is 9.84. The number of benzene rings is 1. The maximum absolute atomic E-state index is 12.7. The van der Waals surface area contributed by atoms with Gasteiger partial charge in [-0.2, -0.15) is 0 Å². The first-order valence-corrected chi connectivity index (χ1v) is 8.06. The van der Waals surface area contributed by atoms with E-state index in [0.717, 1.165) is 24.9 Å². The molecule has 6 heteroatoms. The second kappa shape index (κ2) is 6.93. The molecule has 1 N–H and O–H groups in total. The van der Waals surface area contributed by atoms with E-state index in [1.807, 2.05) is 0 Å². The van der Waals surface area contributed by atoms with Crippen molar-refractivity contribution in [1.29, 1.82) is 0 Å². The summed E-state index contributed by atoms with van der Waals surface area (Å²) in [6, 6.07) is 6.49. The molecule has 1 aromatic rings. The molecule has 126 valence electrons. The van der Waals surface area contributed by atoms with Gasteiger partial charge in [0.25, 0.3) is 6.43 Å². The third-order valence-electron chi connectivity index (χ3n) is 4.89. The minimum Gasteiger partial charge on any atom is -0.381 e. The van der Waals surface area contributed by atoms with Gasteiger partial charge in [0.15, 0.2) is 0 Å². The van der Waals surface area contributed by atoms with Crippen LogP contribution in [0.4, 0.5) is 8.78 Å². The summed E-state index contributed by atoms with van der Waals surface area (Å²) < 4.78 is 30.8. The van der Waals surface area contributed by atoms with Crippen molar-refractivity contribution in [3.8, 4) is 0 Å². The molecular formula is C17H22F2N2O2. The number of amides is 1. The molecule has 1 aromatic carbocycles. The molecule has 1 spiro atoms. The number of nitrogens with one attached hydrogen (secondary N) is 1. The summed E-state index contributed by atoms with van der Waals surface area (Å²) >= 11 is 0. The third-order valence-corrected chi connectivity index (χ3v) is 4.89. The zero-order valence-electron chi connectivity index (χ0n) is 13.1. The van der Waals surface area contributed by atoms with Gasteiger partial charge in [0.2, 0.25) is 5.91 Å². The van der Waals surface area contributed by atoms with Crippen LogP contribution in [0.1, 0.15) is 36.8 Å². The molecule has 0 unspecified atom stereocenters. The van der Waals surface area contributed by atoms with E-state index in [-0.39, 0.29) is 17.0 Å². The zero-order valence-corrected chi connectivity index (χ0v) is 13.1. The predicted molar refractivity (Wildman–Crippen MR) is 82.2 cm³/mol. The van der Waals surface area contributed by atoms with Crippen molar-refractivity contribution in [3.63, 3.8) is 0 Å². The molecule has 2 aliphatic rings. The largest absolute Gasteiger partial charge is 0.381 e. The van der Waals surface area contributed by atoms with Crippen molar-refractivity contribution in [2.75, 3.05) is 26.3 Å². The quantitative estimate of drug-likeness (QED) is 0.929. The van der Waals surface area contributed by atoms with E-state index in [4.69, 9.17) is 4.74 Å². The fraction of sp³-hybridized carbons (Fsp3) is 0.588. The number of hydrogen-bond donors (Lipinski definition) is 1. The van der Waals surface area contributed by atoms with E-state index in [1.54, 1.807) is 12.1 Å². The van der Waals surface area contributed by atoms with Gasteiger partial charge >= 0.3 is 0 Å². The molecule has 0 aliphatic carbocycles. The van der Waals surface area contributed by atoms with Gasteiger partial charge in [0, 0.05) is 50.4 Å². The van der Waals surface area contributed by atoms with Crippen LogP contribution < -0.4 is 5.32 Å². The topological polar surface area (TPSA) is 41.6 Å². The lowest BCUT2D eigenvalue weighted by Gasteiger charge is -2.44. The molecule has 0 atom stereocenters. The van der Waals surface area contributed by atoms with Gasteiger partial charge in [-0.3, -0.25) is 9.69 Å². The van der Waals surface area contributed by atoms with Crippen molar-refractivity contribution in [3.05, 3.63) is 35.4 Å². The summed E-state index contributed by atoms with van der Waals surface area (Å²) in [5.74, 6) is 0.0856. The van der Waals surface area contributed by atoms with Gasteiger partial charge in [-0.1, -0.05) is 24.3 Å². The highest BCUT2D eigenvalue weighted by Gasteiger charge is 2.41. The molecule has 3 rings (SSSR count). The van der Waals surface area contributed by atoms with Crippen molar-refractivity contribution in [2.45, 2.75) is 37.8 Å². The Morgan fingerprint density at radius 2 is 1.91 bits per heavy atom. The van der Waals surface area contributed by atoms with Crippen LogP contribution in [-0.4, -0.2) is 42.6 Å². The summed E-state index contributed by atoms with van der Waals surface area (Å²) in [7, 11) is 0. The summed E-state index contributed by atoms with van der Waals surface area (Å²) in [5, 5.41) is 2.94. The zero-order chi connectivity index (χ0) is 16.3. The van der Waals surface area contributed by atoms with Crippen molar-refractivity contribution >= 4 is 5.91 Å². The first kappa shape index (κ1) is 16.3. The minimum absolute atomic E-state index is 0.0437. The summed E-state index contributed by atoms with van der Waals surface area (Å²) in [6.07, 6.45) is -0.304. The molecule has 0 bridgehead atoms. The van der Waals surface area contributed by atoms with E-state index in [9.17, 15) is 13.6 Å². The van der Waals surface area contributed by atoms with E-state index >= 15 is 0 Å². The van der Waals surface area contributed by atoms with Crippen LogP contribution >= 0.6 is 0 Å². The Balaban J connectivity index is 1.78. The fourth-order valence-corrected chi connectivity index (χ4v) is 3.52. The van der Waals surface area contributed by atoms with Gasteiger partial charge in [0.1, 0.15) is 0 Å². The molecular weight excluding hydrogens is 302 g/mol. The highest BCUT2D eigenvalue weighted by molar-refractivity contribution is 5.77. The van der Waals surface area contributed by atoms with Crippen LogP contribution in [0.2, 0.25) is 0 Å². The first-order valence-electron chi connectivity index (χ1n) is 8.06. The van der Waals surface area contributed by atoms with E-state index in [1.165, 1.54) is 12.1 Å². The lowest BCUT2D eigenvalue weighted by molar-refractivity contribution is -0.124. The number of nitrogens with zero attached hydrogens (tertiary/aromatic N) is 1. The molecule has 2 aliphatic heterocycles. The Morgan fingerprint density at radius 3 is 2.57 bits per heavy atom. The van der Waals surface area contributed by atoms with Crippen LogP contribution in [0.5, 0.6) is 0 Å². The molecule has 2 fully saturated rings. The van der Waals surface area contributed by atoms with Gasteiger partial charge < -0.3 is 10.1 Å². The Kier molecular flexibility index (Phi) is 4.92. The Morgan fingerprint density at radius 1 is 1.22 bits per heavy atom. The van der Waals surface area contributed by atoms with Crippen LogP contribution in [0, 0.1) is 0 Å². The molecule has 0 saturated carbocycles. The van der Waals surface area contributed by atoms with Gasteiger partial charge in [-0.25, -0.2) is 8.78 Å². The Hall–Kier alpha value is -1.53. The fourth-order valence-electron chi connectivity index (χ4n) is 3.52. The van der Waals surface area contributed by atoms with Crippen LogP contribution in [0.3, 0.4) is 0 Å². The van der Waals surface area contributed by atoms with Crippen LogP contribution in [0.25, 0.3) is 0 Å². The standard InChI is InChI=1S/C17H22F2N2O2/c18-16(19)14-3-1-13(2-4-14)12-21-8-7-20-15(22)11-17(21)5-9-23-10-6-17/h1-4,16H,5-12H2,(H,20,22). The first-order chi connectivity index (χ1) is 11.1. The minimum atomic E-state index is -2.44. The number of carbonyl (C=O) groups excluding carboxylic acids is 1. The number of alkyl halides is 2. The smallest absolute Gasteiger partial charge is 0.263 e. The average Bonchev–Trinajstić information content (AvgIpc) is 2.68. The second-order valence-electron chi connectivity index (χ2n) is 6.33. The molecule has 4 nitrogen and oxygen atoms in total. The van der Waals surface area contributed by atoms with E-state index < -0.39 is 6.43 Å². The predicted octanol–water partition coefficient (Wildman–Crippen LogP) is 2.50. The molecule has 1 amide bonds. The monoisotopic (exact) mass is 324 g/mol. The Bertz CT molecular complexity index is 542. The van der Waals surface area contributed by atoms with Crippen LogP contribution in [0.15, 0.2) is 24.3 Å². The van der Waals surface area contributed by atoms with Gasteiger partial charge in [-0.05, 0) is 18.4 Å². The highest BCUT2D eigenvalue weighted by atomic mass is 19.3. The summed E-state index contributed by atoms with van der Waals surface area (Å²) in [6.45, 7) is 3.37. The molecule has 2 saturated heterocycles. The molecule has 2 heterocycles. The molecule has 0 radical (unpaired) electrons. The maximum atomic E-state index is 12.7. The van der Waals surface area contributed by atoms with Gasteiger partial charge in [0.05, 0.1) is 0 Å². The normalized spacial score (nSPS) is 22.1. The lowest BCUT2D eigenvalue weighted by Crippen LogP contribution is -2.52. The SMILES string of the molecule is O=C1CC2(CCOCC2)N(Cc2ccc(C(F)F)cc2)CCN1. The number of carbonyl (C=O) groups is 1. The van der Waals surface area contributed by atoms with Gasteiger partial charge in [-0.15, -0.1) is 0 Å².